The Morgan fingerprint density at radius 3 is 2.21 bits per heavy atom. The Bertz CT molecular complexity index is 1060. The molecule has 0 aliphatic heterocycles. The number of rotatable bonds is 7. The predicted octanol–water partition coefficient (Wildman–Crippen LogP) is 4.03. The van der Waals surface area contributed by atoms with Gasteiger partial charge in [0, 0.05) is 31.2 Å². The van der Waals surface area contributed by atoms with E-state index in [1.165, 1.54) is 23.5 Å². The molecule has 0 aliphatic rings. The molecule has 2 aromatic carbocycles. The predicted molar refractivity (Wildman–Crippen MR) is 111 cm³/mol. The molecular formula is C21H21ClN2O4S. The monoisotopic (exact) mass is 432 g/mol. The van der Waals surface area contributed by atoms with Crippen molar-refractivity contribution in [2.45, 2.75) is 18.0 Å². The normalized spacial score (nSPS) is 11.6. The van der Waals surface area contributed by atoms with E-state index in [9.17, 15) is 13.2 Å². The number of sulfonamides is 1. The van der Waals surface area contributed by atoms with E-state index in [0.29, 0.717) is 22.9 Å². The first-order valence-corrected chi connectivity index (χ1v) is 10.7. The van der Waals surface area contributed by atoms with Gasteiger partial charge in [-0.1, -0.05) is 23.7 Å². The largest absolute Gasteiger partial charge is 0.467 e. The SMILES string of the molecule is CN(Cc1ccco1)C(=O)c1ccc(CN(C)S(=O)(=O)c2ccc(Cl)cc2)cc1. The minimum atomic E-state index is -3.63. The number of hydrogen-bond acceptors (Lipinski definition) is 4. The zero-order valence-corrected chi connectivity index (χ0v) is 17.7. The number of nitrogens with zero attached hydrogens (tertiary/aromatic N) is 2. The van der Waals surface area contributed by atoms with Crippen LogP contribution in [0.5, 0.6) is 0 Å². The maximum absolute atomic E-state index is 12.7. The van der Waals surface area contributed by atoms with Gasteiger partial charge in [0.2, 0.25) is 10.0 Å². The molecule has 1 amide bonds. The molecule has 0 fully saturated rings. The fourth-order valence-corrected chi connectivity index (χ4v) is 4.09. The third-order valence-electron chi connectivity index (χ3n) is 4.45. The van der Waals surface area contributed by atoms with Crippen LogP contribution in [-0.4, -0.2) is 37.6 Å². The van der Waals surface area contributed by atoms with Crippen molar-refractivity contribution in [2.75, 3.05) is 14.1 Å². The van der Waals surface area contributed by atoms with Gasteiger partial charge in [-0.2, -0.15) is 4.31 Å². The van der Waals surface area contributed by atoms with E-state index in [1.54, 1.807) is 60.7 Å². The van der Waals surface area contributed by atoms with Crippen molar-refractivity contribution in [3.05, 3.63) is 88.8 Å². The third-order valence-corrected chi connectivity index (χ3v) is 6.52. The molecule has 1 aromatic heterocycles. The minimum absolute atomic E-state index is 0.143. The van der Waals surface area contributed by atoms with Gasteiger partial charge in [0.25, 0.3) is 5.91 Å². The van der Waals surface area contributed by atoms with E-state index in [2.05, 4.69) is 0 Å². The second-order valence-electron chi connectivity index (χ2n) is 6.65. The zero-order valence-electron chi connectivity index (χ0n) is 16.1. The molecule has 152 valence electrons. The number of carbonyl (C=O) groups excluding carboxylic acids is 1. The molecule has 8 heteroatoms. The van der Waals surface area contributed by atoms with Crippen molar-refractivity contribution in [1.29, 1.82) is 0 Å². The van der Waals surface area contributed by atoms with Crippen molar-refractivity contribution < 1.29 is 17.6 Å². The first-order valence-electron chi connectivity index (χ1n) is 8.86. The Morgan fingerprint density at radius 1 is 0.966 bits per heavy atom. The lowest BCUT2D eigenvalue weighted by atomic mass is 10.1. The smallest absolute Gasteiger partial charge is 0.254 e. The highest BCUT2D eigenvalue weighted by Gasteiger charge is 2.21. The standard InChI is InChI=1S/C21H21ClN2O4S/c1-23(15-19-4-3-13-28-19)21(25)17-7-5-16(6-8-17)14-24(2)29(26,27)20-11-9-18(22)10-12-20/h3-13H,14-15H2,1-2H3. The summed E-state index contributed by atoms with van der Waals surface area (Å²) in [7, 11) is -0.420. The van der Waals surface area contributed by atoms with E-state index < -0.39 is 10.0 Å². The van der Waals surface area contributed by atoms with Crippen molar-refractivity contribution >= 4 is 27.5 Å². The molecule has 6 nitrogen and oxygen atoms in total. The first-order chi connectivity index (χ1) is 13.8. The molecule has 3 rings (SSSR count). The van der Waals surface area contributed by atoms with Crippen LogP contribution in [0.25, 0.3) is 0 Å². The molecule has 0 spiro atoms. The zero-order chi connectivity index (χ0) is 21.0. The summed E-state index contributed by atoms with van der Waals surface area (Å²) < 4.78 is 31.9. The van der Waals surface area contributed by atoms with Crippen LogP contribution in [0.2, 0.25) is 5.02 Å². The van der Waals surface area contributed by atoms with Gasteiger partial charge in [-0.25, -0.2) is 8.42 Å². The second-order valence-corrected chi connectivity index (χ2v) is 9.13. The first kappa shape index (κ1) is 21.1. The van der Waals surface area contributed by atoms with Gasteiger partial charge in [-0.3, -0.25) is 4.79 Å². The Balaban J connectivity index is 1.66. The number of hydrogen-bond donors (Lipinski definition) is 0. The van der Waals surface area contributed by atoms with E-state index in [4.69, 9.17) is 16.0 Å². The van der Waals surface area contributed by atoms with Gasteiger partial charge in [-0.05, 0) is 54.1 Å². The van der Waals surface area contributed by atoms with Crippen molar-refractivity contribution in [3.63, 3.8) is 0 Å². The van der Waals surface area contributed by atoms with Gasteiger partial charge >= 0.3 is 0 Å². The van der Waals surface area contributed by atoms with Gasteiger partial charge < -0.3 is 9.32 Å². The molecule has 0 radical (unpaired) electrons. The van der Waals surface area contributed by atoms with E-state index in [1.807, 2.05) is 6.07 Å². The summed E-state index contributed by atoms with van der Waals surface area (Å²) in [5.74, 6) is 0.557. The summed E-state index contributed by atoms with van der Waals surface area (Å²) >= 11 is 5.83. The summed E-state index contributed by atoms with van der Waals surface area (Å²) in [6.45, 7) is 0.553. The van der Waals surface area contributed by atoms with Gasteiger partial charge in [-0.15, -0.1) is 0 Å². The highest BCUT2D eigenvalue weighted by Crippen LogP contribution is 2.19. The molecule has 0 saturated carbocycles. The lowest BCUT2D eigenvalue weighted by molar-refractivity contribution is 0.0775. The summed E-state index contributed by atoms with van der Waals surface area (Å²) in [6.07, 6.45) is 1.57. The van der Waals surface area contributed by atoms with Crippen LogP contribution in [0.15, 0.2) is 76.2 Å². The molecule has 0 bridgehead atoms. The second kappa shape index (κ2) is 8.82. The average Bonchev–Trinajstić information content (AvgIpc) is 3.21. The lowest BCUT2D eigenvalue weighted by Crippen LogP contribution is -2.27. The lowest BCUT2D eigenvalue weighted by Gasteiger charge is -2.18. The van der Waals surface area contributed by atoms with Crippen LogP contribution in [0.3, 0.4) is 0 Å². The summed E-state index contributed by atoms with van der Waals surface area (Å²) in [5, 5.41) is 0.476. The Hall–Kier alpha value is -2.61. The third kappa shape index (κ3) is 5.06. The van der Waals surface area contributed by atoms with Crippen LogP contribution in [0.4, 0.5) is 0 Å². The van der Waals surface area contributed by atoms with Crippen LogP contribution in [0.1, 0.15) is 21.7 Å². The van der Waals surface area contributed by atoms with E-state index in [-0.39, 0.29) is 17.3 Å². The quantitative estimate of drug-likeness (QED) is 0.565. The molecule has 0 atom stereocenters. The number of benzene rings is 2. The van der Waals surface area contributed by atoms with Crippen LogP contribution in [0, 0.1) is 0 Å². The summed E-state index contributed by atoms with van der Waals surface area (Å²) in [4.78, 5) is 14.3. The minimum Gasteiger partial charge on any atom is -0.467 e. The van der Waals surface area contributed by atoms with Crippen LogP contribution >= 0.6 is 11.6 Å². The van der Waals surface area contributed by atoms with E-state index in [0.717, 1.165) is 5.56 Å². The summed E-state index contributed by atoms with van der Waals surface area (Å²) in [6, 6.07) is 16.5. The Kier molecular flexibility index (Phi) is 6.42. The fraction of sp³-hybridized carbons (Fsp3) is 0.190. The fourth-order valence-electron chi connectivity index (χ4n) is 2.81. The molecule has 0 aliphatic carbocycles. The molecular weight excluding hydrogens is 412 g/mol. The maximum Gasteiger partial charge on any atom is 0.254 e. The van der Waals surface area contributed by atoms with Crippen molar-refractivity contribution in [2.24, 2.45) is 0 Å². The molecule has 29 heavy (non-hydrogen) atoms. The molecule has 0 N–H and O–H groups in total. The Labute approximate surface area is 175 Å². The van der Waals surface area contributed by atoms with Crippen LogP contribution < -0.4 is 0 Å². The number of furan rings is 1. The highest BCUT2D eigenvalue weighted by molar-refractivity contribution is 7.89. The number of amides is 1. The van der Waals surface area contributed by atoms with Gasteiger partial charge in [0.15, 0.2) is 0 Å². The Morgan fingerprint density at radius 2 is 1.62 bits per heavy atom. The number of carbonyl (C=O) groups is 1. The number of halogens is 1. The molecule has 1 heterocycles. The molecule has 0 unspecified atom stereocenters. The van der Waals surface area contributed by atoms with Gasteiger partial charge in [0.1, 0.15) is 5.76 Å². The van der Waals surface area contributed by atoms with Gasteiger partial charge in [0.05, 0.1) is 17.7 Å². The molecule has 3 aromatic rings. The van der Waals surface area contributed by atoms with Crippen LogP contribution in [-0.2, 0) is 23.1 Å². The van der Waals surface area contributed by atoms with Crippen molar-refractivity contribution in [1.82, 2.24) is 9.21 Å². The average molecular weight is 433 g/mol. The summed E-state index contributed by atoms with van der Waals surface area (Å²) in [5.41, 5.74) is 1.29. The highest BCUT2D eigenvalue weighted by atomic mass is 35.5. The topological polar surface area (TPSA) is 70.8 Å². The maximum atomic E-state index is 12.7. The van der Waals surface area contributed by atoms with E-state index >= 15 is 0 Å². The van der Waals surface area contributed by atoms with Crippen molar-refractivity contribution in [3.8, 4) is 0 Å². The molecule has 0 saturated heterocycles.